The molecule has 1 aromatic heterocycles. The Balaban J connectivity index is 1.84. The van der Waals surface area contributed by atoms with E-state index in [4.69, 9.17) is 9.26 Å². The van der Waals surface area contributed by atoms with Crippen molar-refractivity contribution in [3.05, 3.63) is 41.3 Å². The first-order valence-electron chi connectivity index (χ1n) is 8.36. The number of nitrogens with one attached hydrogen (secondary N) is 1. The zero-order valence-corrected chi connectivity index (χ0v) is 15.0. The van der Waals surface area contributed by atoms with Crippen LogP contribution in [0.15, 0.2) is 22.7 Å². The van der Waals surface area contributed by atoms with E-state index in [2.05, 4.69) is 15.5 Å². The van der Waals surface area contributed by atoms with E-state index < -0.39 is 0 Å². The summed E-state index contributed by atoms with van der Waals surface area (Å²) in [6.45, 7) is 5.77. The molecular formula is C18H24FN3O3. The highest BCUT2D eigenvalue weighted by molar-refractivity contribution is 5.76. The lowest BCUT2D eigenvalue weighted by atomic mass is 10.1. The minimum atomic E-state index is -0.366. The van der Waals surface area contributed by atoms with E-state index in [0.29, 0.717) is 42.3 Å². The quantitative estimate of drug-likeness (QED) is 0.789. The van der Waals surface area contributed by atoms with Gasteiger partial charge in [-0.2, -0.15) is 4.98 Å². The van der Waals surface area contributed by atoms with Crippen LogP contribution in [0.5, 0.6) is 5.75 Å². The number of carbonyl (C=O) groups excluding carboxylic acids is 1. The van der Waals surface area contributed by atoms with Gasteiger partial charge in [0.1, 0.15) is 11.6 Å². The predicted octanol–water partition coefficient (Wildman–Crippen LogP) is 3.54. The molecule has 0 aliphatic rings. The van der Waals surface area contributed by atoms with Crippen LogP contribution in [0.4, 0.5) is 4.39 Å². The number of carbonyl (C=O) groups is 1. The van der Waals surface area contributed by atoms with E-state index in [1.54, 1.807) is 13.0 Å². The number of aryl methyl sites for hydroxylation is 1. The van der Waals surface area contributed by atoms with Gasteiger partial charge in [0.05, 0.1) is 13.2 Å². The van der Waals surface area contributed by atoms with E-state index >= 15 is 0 Å². The largest absolute Gasteiger partial charge is 0.496 e. The summed E-state index contributed by atoms with van der Waals surface area (Å²) in [7, 11) is 1.51. The average Bonchev–Trinajstić information content (AvgIpc) is 3.04. The van der Waals surface area contributed by atoms with Gasteiger partial charge < -0.3 is 14.6 Å². The Bertz CT molecular complexity index is 715. The molecule has 25 heavy (non-hydrogen) atoms. The monoisotopic (exact) mass is 349 g/mol. The van der Waals surface area contributed by atoms with Crippen LogP contribution in [0, 0.1) is 5.82 Å². The molecule has 0 aliphatic heterocycles. The fourth-order valence-corrected chi connectivity index (χ4v) is 2.44. The average molecular weight is 349 g/mol. The molecular weight excluding hydrogens is 325 g/mol. The molecule has 2 aromatic rings. The maximum Gasteiger partial charge on any atom is 0.226 e. The molecule has 0 saturated heterocycles. The van der Waals surface area contributed by atoms with Gasteiger partial charge in [0.2, 0.25) is 11.8 Å². The van der Waals surface area contributed by atoms with Crippen molar-refractivity contribution < 1.29 is 18.4 Å². The molecule has 0 saturated carbocycles. The van der Waals surface area contributed by atoms with Crippen molar-refractivity contribution in [1.29, 1.82) is 0 Å². The highest BCUT2D eigenvalue weighted by atomic mass is 19.1. The molecule has 1 heterocycles. The van der Waals surface area contributed by atoms with Crippen molar-refractivity contribution in [2.75, 3.05) is 7.11 Å². The SMILES string of the molecule is COc1ccc(F)cc1[C@H](C)NC(=O)CCCc1nc(C(C)C)no1. The van der Waals surface area contributed by atoms with Crippen LogP contribution in [-0.2, 0) is 11.2 Å². The number of hydrogen-bond donors (Lipinski definition) is 1. The Kier molecular flexibility index (Phi) is 6.50. The first-order chi connectivity index (χ1) is 11.9. The van der Waals surface area contributed by atoms with Gasteiger partial charge >= 0.3 is 0 Å². The van der Waals surface area contributed by atoms with Crippen molar-refractivity contribution in [1.82, 2.24) is 15.5 Å². The number of methoxy groups -OCH3 is 1. The van der Waals surface area contributed by atoms with Gasteiger partial charge in [0, 0.05) is 24.3 Å². The highest BCUT2D eigenvalue weighted by Gasteiger charge is 2.15. The Labute approximate surface area is 146 Å². The summed E-state index contributed by atoms with van der Waals surface area (Å²) in [5, 5.41) is 6.75. The molecule has 0 bridgehead atoms. The van der Waals surface area contributed by atoms with Gasteiger partial charge in [-0.3, -0.25) is 4.79 Å². The third-order valence-corrected chi connectivity index (χ3v) is 3.83. The molecule has 1 aromatic carbocycles. The van der Waals surface area contributed by atoms with E-state index in [1.807, 2.05) is 13.8 Å². The van der Waals surface area contributed by atoms with Crippen LogP contribution in [0.1, 0.15) is 62.9 Å². The molecule has 6 nitrogen and oxygen atoms in total. The zero-order chi connectivity index (χ0) is 18.4. The number of halogens is 1. The second kappa shape index (κ2) is 8.60. The van der Waals surface area contributed by atoms with Crippen molar-refractivity contribution in [3.8, 4) is 5.75 Å². The van der Waals surface area contributed by atoms with Gasteiger partial charge in [-0.15, -0.1) is 0 Å². The molecule has 1 atom stereocenters. The van der Waals surface area contributed by atoms with E-state index in [1.165, 1.54) is 19.2 Å². The summed E-state index contributed by atoms with van der Waals surface area (Å²) < 4.78 is 23.8. The fourth-order valence-electron chi connectivity index (χ4n) is 2.44. The second-order valence-electron chi connectivity index (χ2n) is 6.23. The predicted molar refractivity (Wildman–Crippen MR) is 90.8 cm³/mol. The first-order valence-corrected chi connectivity index (χ1v) is 8.36. The van der Waals surface area contributed by atoms with Crippen LogP contribution >= 0.6 is 0 Å². The normalized spacial score (nSPS) is 12.2. The maximum atomic E-state index is 13.4. The number of ether oxygens (including phenoxy) is 1. The van der Waals surface area contributed by atoms with Crippen LogP contribution in [0.25, 0.3) is 0 Å². The lowest BCUT2D eigenvalue weighted by molar-refractivity contribution is -0.121. The lowest BCUT2D eigenvalue weighted by Gasteiger charge is -2.17. The third kappa shape index (κ3) is 5.27. The van der Waals surface area contributed by atoms with Gasteiger partial charge in [-0.1, -0.05) is 19.0 Å². The number of aromatic nitrogens is 2. The number of amides is 1. The molecule has 0 unspecified atom stereocenters. The van der Waals surface area contributed by atoms with Gasteiger partial charge in [-0.05, 0) is 31.5 Å². The van der Waals surface area contributed by atoms with E-state index in [9.17, 15) is 9.18 Å². The lowest BCUT2D eigenvalue weighted by Crippen LogP contribution is -2.26. The summed E-state index contributed by atoms with van der Waals surface area (Å²) in [6.07, 6.45) is 1.46. The van der Waals surface area contributed by atoms with Gasteiger partial charge in [-0.25, -0.2) is 4.39 Å². The van der Waals surface area contributed by atoms with E-state index in [0.717, 1.165) is 0 Å². The molecule has 0 spiro atoms. The molecule has 0 radical (unpaired) electrons. The number of hydrogen-bond acceptors (Lipinski definition) is 5. The summed E-state index contributed by atoms with van der Waals surface area (Å²) in [4.78, 5) is 16.4. The first kappa shape index (κ1) is 18.9. The number of nitrogens with zero attached hydrogens (tertiary/aromatic N) is 2. The van der Waals surface area contributed by atoms with Crippen LogP contribution in [0.2, 0.25) is 0 Å². The summed E-state index contributed by atoms with van der Waals surface area (Å²) in [5.41, 5.74) is 0.606. The van der Waals surface area contributed by atoms with Gasteiger partial charge in [0.15, 0.2) is 5.82 Å². The third-order valence-electron chi connectivity index (χ3n) is 3.83. The molecule has 0 aliphatic carbocycles. The minimum Gasteiger partial charge on any atom is -0.496 e. The summed E-state index contributed by atoms with van der Waals surface area (Å²) >= 11 is 0. The van der Waals surface area contributed by atoms with E-state index in [-0.39, 0.29) is 23.7 Å². The molecule has 0 fully saturated rings. The number of rotatable bonds is 8. The molecule has 7 heteroatoms. The molecule has 1 N–H and O–H groups in total. The van der Waals surface area contributed by atoms with Crippen molar-refractivity contribution >= 4 is 5.91 Å². The summed E-state index contributed by atoms with van der Waals surface area (Å²) in [5.74, 6) is 1.48. The van der Waals surface area contributed by atoms with Gasteiger partial charge in [0.25, 0.3) is 0 Å². The Morgan fingerprint density at radius 3 is 2.76 bits per heavy atom. The molecule has 136 valence electrons. The summed E-state index contributed by atoms with van der Waals surface area (Å²) in [6, 6.07) is 3.89. The second-order valence-corrected chi connectivity index (χ2v) is 6.23. The highest BCUT2D eigenvalue weighted by Crippen LogP contribution is 2.25. The maximum absolute atomic E-state index is 13.4. The Morgan fingerprint density at radius 2 is 2.12 bits per heavy atom. The standard InChI is InChI=1S/C18H24FN3O3/c1-11(2)18-21-17(25-22-18)7-5-6-16(23)20-12(3)14-10-13(19)8-9-15(14)24-4/h8-12H,5-7H2,1-4H3,(H,20,23)/t12-/m0/s1. The zero-order valence-electron chi connectivity index (χ0n) is 15.0. The van der Waals surface area contributed by atoms with Crippen molar-refractivity contribution in [3.63, 3.8) is 0 Å². The minimum absolute atomic E-state index is 0.123. The Hall–Kier alpha value is -2.44. The van der Waals surface area contributed by atoms with Crippen LogP contribution in [-0.4, -0.2) is 23.2 Å². The molecule has 2 rings (SSSR count). The van der Waals surface area contributed by atoms with Crippen molar-refractivity contribution in [2.24, 2.45) is 0 Å². The number of benzene rings is 1. The fraction of sp³-hybridized carbons (Fsp3) is 0.500. The molecule has 1 amide bonds. The van der Waals surface area contributed by atoms with Crippen molar-refractivity contribution in [2.45, 2.75) is 52.0 Å². The Morgan fingerprint density at radius 1 is 1.36 bits per heavy atom. The van der Waals surface area contributed by atoms with Crippen LogP contribution in [0.3, 0.4) is 0 Å². The topological polar surface area (TPSA) is 77.2 Å². The smallest absolute Gasteiger partial charge is 0.226 e. The van der Waals surface area contributed by atoms with Crippen LogP contribution < -0.4 is 10.1 Å².